The molecule has 3 amide bonds. The van der Waals surface area contributed by atoms with E-state index in [9.17, 15) is 19.6 Å². The van der Waals surface area contributed by atoms with Gasteiger partial charge in [-0.1, -0.05) is 43.3 Å². The zero-order valence-corrected chi connectivity index (χ0v) is 22.4. The minimum absolute atomic E-state index is 0.00377. The van der Waals surface area contributed by atoms with E-state index < -0.39 is 0 Å². The molecule has 190 valence electrons. The van der Waals surface area contributed by atoms with Gasteiger partial charge in [-0.05, 0) is 42.2 Å². The standard InChI is InChI=1S/C28H28N4O3S2/c1-3-24(27(35)31-28-23(16-29)22-12-13-32(18(2)33)17-25(22)37-28)36-21-11-7-10-20(15-21)30-26(34)14-19-8-5-4-6-9-19/h4-11,15,24H,3,12-14,17H2,1-2H3,(H,30,34)(H,31,35). The van der Waals surface area contributed by atoms with E-state index in [0.717, 1.165) is 20.9 Å². The molecule has 0 fully saturated rings. The number of carbonyl (C=O) groups excluding carboxylic acids is 3. The second-order valence-electron chi connectivity index (χ2n) is 8.75. The van der Waals surface area contributed by atoms with Gasteiger partial charge in [0, 0.05) is 28.9 Å². The van der Waals surface area contributed by atoms with Gasteiger partial charge in [0.15, 0.2) is 0 Å². The van der Waals surface area contributed by atoms with Crippen molar-refractivity contribution in [3.05, 3.63) is 76.2 Å². The Bertz CT molecular complexity index is 1350. The molecule has 3 aromatic rings. The van der Waals surface area contributed by atoms with Gasteiger partial charge in [0.1, 0.15) is 11.1 Å². The van der Waals surface area contributed by atoms with Gasteiger partial charge in [-0.25, -0.2) is 0 Å². The van der Waals surface area contributed by atoms with Crippen LogP contribution in [0, 0.1) is 11.3 Å². The number of nitrogens with one attached hydrogen (secondary N) is 2. The highest BCUT2D eigenvalue weighted by Crippen LogP contribution is 2.37. The Labute approximate surface area is 224 Å². The maximum absolute atomic E-state index is 13.2. The number of fused-ring (bicyclic) bond motifs is 1. The molecule has 37 heavy (non-hydrogen) atoms. The van der Waals surface area contributed by atoms with Crippen molar-refractivity contribution in [2.45, 2.75) is 49.8 Å². The Morgan fingerprint density at radius 2 is 1.92 bits per heavy atom. The first kappa shape index (κ1) is 26.5. The smallest absolute Gasteiger partial charge is 0.238 e. The molecule has 4 rings (SSSR count). The largest absolute Gasteiger partial charge is 0.337 e. The number of hydrogen-bond acceptors (Lipinski definition) is 6. The van der Waals surface area contributed by atoms with Crippen molar-refractivity contribution in [1.29, 1.82) is 5.26 Å². The summed E-state index contributed by atoms with van der Waals surface area (Å²) >= 11 is 2.79. The fraction of sp³-hybridized carbons (Fsp3) is 0.286. The fourth-order valence-corrected chi connectivity index (χ4v) is 6.42. The molecule has 1 atom stereocenters. The maximum Gasteiger partial charge on any atom is 0.238 e. The Morgan fingerprint density at radius 3 is 2.62 bits per heavy atom. The number of thiophene rings is 1. The lowest BCUT2D eigenvalue weighted by molar-refractivity contribution is -0.129. The second-order valence-corrected chi connectivity index (χ2v) is 11.1. The van der Waals surface area contributed by atoms with E-state index in [1.807, 2.05) is 61.5 Å². The molecular formula is C28H28N4O3S2. The molecule has 9 heteroatoms. The molecule has 1 aliphatic rings. The van der Waals surface area contributed by atoms with Gasteiger partial charge in [0.05, 0.1) is 23.8 Å². The molecule has 1 aromatic heterocycles. The summed E-state index contributed by atoms with van der Waals surface area (Å²) in [6.07, 6.45) is 1.49. The van der Waals surface area contributed by atoms with E-state index in [1.54, 1.807) is 11.8 Å². The van der Waals surface area contributed by atoms with E-state index in [4.69, 9.17) is 0 Å². The number of thioether (sulfide) groups is 1. The molecule has 0 saturated heterocycles. The van der Waals surface area contributed by atoms with Crippen molar-refractivity contribution in [2.75, 3.05) is 17.2 Å². The van der Waals surface area contributed by atoms with Crippen LogP contribution < -0.4 is 10.6 Å². The molecular weight excluding hydrogens is 504 g/mol. The second kappa shape index (κ2) is 12.1. The zero-order chi connectivity index (χ0) is 26.4. The quantitative estimate of drug-likeness (QED) is 0.388. The average Bonchev–Trinajstić information content (AvgIpc) is 3.23. The topological polar surface area (TPSA) is 102 Å². The first-order valence-corrected chi connectivity index (χ1v) is 13.8. The molecule has 2 heterocycles. The predicted octanol–water partition coefficient (Wildman–Crippen LogP) is 5.21. The van der Waals surface area contributed by atoms with Crippen molar-refractivity contribution in [1.82, 2.24) is 4.90 Å². The van der Waals surface area contributed by atoms with E-state index >= 15 is 0 Å². The summed E-state index contributed by atoms with van der Waals surface area (Å²) in [5, 5.41) is 15.8. The summed E-state index contributed by atoms with van der Waals surface area (Å²) in [7, 11) is 0. The maximum atomic E-state index is 13.2. The highest BCUT2D eigenvalue weighted by Gasteiger charge is 2.27. The number of nitrogens with zero attached hydrogens (tertiary/aromatic N) is 2. The number of nitriles is 1. The Balaban J connectivity index is 1.41. The summed E-state index contributed by atoms with van der Waals surface area (Å²) in [4.78, 5) is 41.0. The number of rotatable bonds is 8. The van der Waals surface area contributed by atoms with Crippen molar-refractivity contribution >= 4 is 51.5 Å². The van der Waals surface area contributed by atoms with Crippen LogP contribution in [0.1, 0.15) is 41.8 Å². The minimum Gasteiger partial charge on any atom is -0.337 e. The predicted molar refractivity (Wildman–Crippen MR) is 148 cm³/mol. The summed E-state index contributed by atoms with van der Waals surface area (Å²) in [6, 6.07) is 19.3. The zero-order valence-electron chi connectivity index (χ0n) is 20.7. The van der Waals surface area contributed by atoms with Crippen molar-refractivity contribution < 1.29 is 14.4 Å². The summed E-state index contributed by atoms with van der Waals surface area (Å²) in [5.74, 6) is -0.277. The molecule has 2 N–H and O–H groups in total. The number of benzene rings is 2. The number of hydrogen-bond donors (Lipinski definition) is 2. The Kier molecular flexibility index (Phi) is 8.64. The van der Waals surface area contributed by atoms with Crippen molar-refractivity contribution in [3.8, 4) is 6.07 Å². The first-order chi connectivity index (χ1) is 17.9. The van der Waals surface area contributed by atoms with E-state index in [2.05, 4.69) is 16.7 Å². The summed E-state index contributed by atoms with van der Waals surface area (Å²) < 4.78 is 0. The van der Waals surface area contributed by atoms with Crippen LogP contribution in [-0.2, 0) is 33.8 Å². The molecule has 0 radical (unpaired) electrons. The van der Waals surface area contributed by atoms with Gasteiger partial charge in [0.2, 0.25) is 17.7 Å². The number of amides is 3. The van der Waals surface area contributed by atoms with Crippen LogP contribution in [-0.4, -0.2) is 34.4 Å². The van der Waals surface area contributed by atoms with Crippen molar-refractivity contribution in [2.24, 2.45) is 0 Å². The summed E-state index contributed by atoms with van der Waals surface area (Å²) in [6.45, 7) is 4.53. The van der Waals surface area contributed by atoms with E-state index in [-0.39, 0.29) is 29.4 Å². The number of carbonyl (C=O) groups is 3. The van der Waals surface area contributed by atoms with Gasteiger partial charge in [-0.3, -0.25) is 14.4 Å². The lowest BCUT2D eigenvalue weighted by atomic mass is 10.0. The fourth-order valence-electron chi connectivity index (χ4n) is 4.19. The molecule has 1 aliphatic heterocycles. The van der Waals surface area contributed by atoms with Gasteiger partial charge in [0.25, 0.3) is 0 Å². The Hall–Kier alpha value is -3.61. The van der Waals surface area contributed by atoms with E-state index in [1.165, 1.54) is 23.1 Å². The van der Waals surface area contributed by atoms with Crippen LogP contribution in [0.5, 0.6) is 0 Å². The average molecular weight is 533 g/mol. The van der Waals surface area contributed by atoms with Crippen LogP contribution in [0.4, 0.5) is 10.7 Å². The summed E-state index contributed by atoms with van der Waals surface area (Å²) in [5.41, 5.74) is 3.04. The lowest BCUT2D eigenvalue weighted by Crippen LogP contribution is -2.33. The third kappa shape index (κ3) is 6.59. The van der Waals surface area contributed by atoms with Gasteiger partial charge >= 0.3 is 0 Å². The van der Waals surface area contributed by atoms with Gasteiger partial charge in [-0.2, -0.15) is 5.26 Å². The normalized spacial score (nSPS) is 13.3. The SMILES string of the molecule is CCC(Sc1cccc(NC(=O)Cc2ccccc2)c1)C(=O)Nc1sc2c(c1C#N)CCN(C(C)=O)C2. The van der Waals surface area contributed by atoms with Crippen LogP contribution in [0.25, 0.3) is 0 Å². The molecule has 7 nitrogen and oxygen atoms in total. The van der Waals surface area contributed by atoms with Crippen LogP contribution in [0.2, 0.25) is 0 Å². The van der Waals surface area contributed by atoms with Crippen LogP contribution in [0.3, 0.4) is 0 Å². The first-order valence-electron chi connectivity index (χ1n) is 12.1. The van der Waals surface area contributed by atoms with Gasteiger partial charge < -0.3 is 15.5 Å². The van der Waals surface area contributed by atoms with Crippen LogP contribution in [0.15, 0.2) is 59.5 Å². The molecule has 0 spiro atoms. The van der Waals surface area contributed by atoms with Crippen molar-refractivity contribution in [3.63, 3.8) is 0 Å². The van der Waals surface area contributed by atoms with Gasteiger partial charge in [-0.15, -0.1) is 23.1 Å². The third-order valence-electron chi connectivity index (χ3n) is 6.12. The number of anilines is 2. The molecule has 0 saturated carbocycles. The minimum atomic E-state index is -0.380. The van der Waals surface area contributed by atoms with E-state index in [0.29, 0.717) is 42.2 Å². The molecule has 2 aromatic carbocycles. The Morgan fingerprint density at radius 1 is 1.14 bits per heavy atom. The lowest BCUT2D eigenvalue weighted by Gasteiger charge is -2.25. The van der Waals surface area contributed by atoms with Crippen LogP contribution >= 0.6 is 23.1 Å². The highest BCUT2D eigenvalue weighted by atomic mass is 32.2. The third-order valence-corrected chi connectivity index (χ3v) is 8.61. The molecule has 0 aliphatic carbocycles. The monoisotopic (exact) mass is 532 g/mol. The highest BCUT2D eigenvalue weighted by molar-refractivity contribution is 8.00. The molecule has 0 bridgehead atoms. The molecule has 1 unspecified atom stereocenters.